The molecule has 1 aliphatic carbocycles. The van der Waals surface area contributed by atoms with Gasteiger partial charge in [-0.3, -0.25) is 0 Å². The molecule has 5 rings (SSSR count). The molecule has 0 bridgehead atoms. The number of rotatable bonds is 4. The zero-order chi connectivity index (χ0) is 20.0. The van der Waals surface area contributed by atoms with Crippen molar-refractivity contribution in [3.63, 3.8) is 0 Å². The minimum absolute atomic E-state index is 0.198. The molecular weight excluding hydrogens is 392 g/mol. The number of halogens is 1. The van der Waals surface area contributed by atoms with Crippen molar-refractivity contribution in [2.24, 2.45) is 0 Å². The molecule has 0 saturated heterocycles. The lowest BCUT2D eigenvalue weighted by atomic mass is 9.80. The largest absolute Gasteiger partial charge is 0.163 e. The van der Waals surface area contributed by atoms with Gasteiger partial charge in [-0.25, -0.2) is 0 Å². The lowest BCUT2D eigenvalue weighted by molar-refractivity contribution is 0.762. The standard InChI is InChI=1S/C27H23ClS/c1-27(28,17-29-2)24-16-15-18-9-3-4-10-19(18)26(24)25-22-13-7-5-11-20(22)21-12-6-8-14-23(21)25/h3-16,25H,17H2,1-2H3. The van der Waals surface area contributed by atoms with Crippen LogP contribution in [0.4, 0.5) is 0 Å². The van der Waals surface area contributed by atoms with Crippen molar-refractivity contribution in [3.8, 4) is 11.1 Å². The molecule has 0 heterocycles. The summed E-state index contributed by atoms with van der Waals surface area (Å²) in [4.78, 5) is -0.425. The van der Waals surface area contributed by atoms with Crippen LogP contribution in [0.5, 0.6) is 0 Å². The van der Waals surface area contributed by atoms with E-state index in [1.54, 1.807) is 11.8 Å². The van der Waals surface area contributed by atoms with E-state index in [9.17, 15) is 0 Å². The van der Waals surface area contributed by atoms with Crippen LogP contribution in [0, 0.1) is 0 Å². The average molecular weight is 415 g/mol. The fraction of sp³-hybridized carbons (Fsp3) is 0.185. The molecule has 0 aliphatic heterocycles. The zero-order valence-corrected chi connectivity index (χ0v) is 18.2. The van der Waals surface area contributed by atoms with Gasteiger partial charge in [0.1, 0.15) is 0 Å². The first-order chi connectivity index (χ1) is 14.1. The smallest absolute Gasteiger partial charge is 0.0760 e. The molecule has 1 unspecified atom stereocenters. The molecule has 29 heavy (non-hydrogen) atoms. The third-order valence-corrected chi connectivity index (χ3v) is 7.43. The summed E-state index contributed by atoms with van der Waals surface area (Å²) in [6, 6.07) is 30.9. The Kier molecular flexibility index (Phi) is 4.69. The molecule has 0 saturated carbocycles. The number of benzene rings is 4. The van der Waals surface area contributed by atoms with Gasteiger partial charge in [0.25, 0.3) is 0 Å². The van der Waals surface area contributed by atoms with Crippen LogP contribution in [-0.2, 0) is 4.87 Å². The first-order valence-electron chi connectivity index (χ1n) is 10.00. The maximum atomic E-state index is 7.18. The second-order valence-electron chi connectivity index (χ2n) is 7.99. The van der Waals surface area contributed by atoms with E-state index in [1.165, 1.54) is 44.2 Å². The summed E-state index contributed by atoms with van der Waals surface area (Å²) in [7, 11) is 0. The zero-order valence-electron chi connectivity index (χ0n) is 16.7. The van der Waals surface area contributed by atoms with E-state index in [2.05, 4.69) is 98.1 Å². The fourth-order valence-corrected chi connectivity index (χ4v) is 6.07. The summed E-state index contributed by atoms with van der Waals surface area (Å²) < 4.78 is 0. The predicted molar refractivity (Wildman–Crippen MR) is 128 cm³/mol. The molecule has 0 aromatic heterocycles. The number of fused-ring (bicyclic) bond motifs is 4. The minimum Gasteiger partial charge on any atom is -0.163 e. The van der Waals surface area contributed by atoms with Crippen molar-refractivity contribution in [2.45, 2.75) is 17.7 Å². The van der Waals surface area contributed by atoms with E-state index in [-0.39, 0.29) is 5.92 Å². The van der Waals surface area contributed by atoms with Crippen LogP contribution in [0.15, 0.2) is 84.9 Å². The summed E-state index contributed by atoms with van der Waals surface area (Å²) in [5.74, 6) is 1.07. The molecule has 0 spiro atoms. The first-order valence-corrected chi connectivity index (χ1v) is 11.8. The molecule has 4 aromatic carbocycles. The van der Waals surface area contributed by atoms with E-state index < -0.39 is 4.87 Å². The molecule has 1 aliphatic rings. The van der Waals surface area contributed by atoms with E-state index in [0.717, 1.165) is 5.75 Å². The van der Waals surface area contributed by atoms with E-state index in [4.69, 9.17) is 11.6 Å². The average Bonchev–Trinajstić information content (AvgIpc) is 3.07. The van der Waals surface area contributed by atoms with Crippen LogP contribution in [0.3, 0.4) is 0 Å². The van der Waals surface area contributed by atoms with Gasteiger partial charge in [-0.05, 0) is 57.3 Å². The number of hydrogen-bond acceptors (Lipinski definition) is 1. The molecule has 0 fully saturated rings. The van der Waals surface area contributed by atoms with Crippen molar-refractivity contribution < 1.29 is 0 Å². The normalized spacial score (nSPS) is 15.1. The second-order valence-corrected chi connectivity index (χ2v) is 9.69. The lowest BCUT2D eigenvalue weighted by Crippen LogP contribution is -2.21. The van der Waals surface area contributed by atoms with Crippen molar-refractivity contribution in [1.29, 1.82) is 0 Å². The Hall–Kier alpha value is -2.22. The van der Waals surface area contributed by atoms with Crippen LogP contribution in [0.1, 0.15) is 35.1 Å². The van der Waals surface area contributed by atoms with Crippen LogP contribution in [-0.4, -0.2) is 12.0 Å². The third-order valence-electron chi connectivity index (χ3n) is 6.07. The van der Waals surface area contributed by atoms with Gasteiger partial charge < -0.3 is 0 Å². The van der Waals surface area contributed by atoms with Gasteiger partial charge in [-0.1, -0.05) is 84.9 Å². The molecule has 0 radical (unpaired) electrons. The SMILES string of the molecule is CSCC(C)(Cl)c1ccc2ccccc2c1C1c2ccccc2-c2ccccc21. The quantitative estimate of drug-likeness (QED) is 0.270. The Morgan fingerprint density at radius 2 is 1.38 bits per heavy atom. The predicted octanol–water partition coefficient (Wildman–Crippen LogP) is 7.82. The number of thioether (sulfide) groups is 1. The van der Waals surface area contributed by atoms with Crippen molar-refractivity contribution in [1.82, 2.24) is 0 Å². The van der Waals surface area contributed by atoms with Crippen LogP contribution >= 0.6 is 23.4 Å². The molecule has 0 nitrogen and oxygen atoms in total. The number of hydrogen-bond donors (Lipinski definition) is 0. The van der Waals surface area contributed by atoms with Crippen molar-refractivity contribution in [3.05, 3.63) is 107 Å². The Balaban J connectivity index is 1.88. The van der Waals surface area contributed by atoms with Gasteiger partial charge in [-0.2, -0.15) is 11.8 Å². The Morgan fingerprint density at radius 1 is 0.793 bits per heavy atom. The van der Waals surface area contributed by atoms with Gasteiger partial charge >= 0.3 is 0 Å². The summed E-state index contributed by atoms with van der Waals surface area (Å²) >= 11 is 8.98. The van der Waals surface area contributed by atoms with Crippen LogP contribution in [0.25, 0.3) is 21.9 Å². The molecule has 0 amide bonds. The maximum Gasteiger partial charge on any atom is 0.0760 e. The highest BCUT2D eigenvalue weighted by Gasteiger charge is 2.36. The van der Waals surface area contributed by atoms with Gasteiger partial charge in [0.15, 0.2) is 0 Å². The fourth-order valence-electron chi connectivity index (χ4n) is 4.88. The van der Waals surface area contributed by atoms with Crippen molar-refractivity contribution >= 4 is 34.1 Å². The highest BCUT2D eigenvalue weighted by molar-refractivity contribution is 7.98. The highest BCUT2D eigenvalue weighted by Crippen LogP contribution is 2.52. The summed E-state index contributed by atoms with van der Waals surface area (Å²) in [6.45, 7) is 2.16. The van der Waals surface area contributed by atoms with E-state index >= 15 is 0 Å². The Morgan fingerprint density at radius 3 is 2.03 bits per heavy atom. The molecule has 4 aromatic rings. The third kappa shape index (κ3) is 2.99. The van der Waals surface area contributed by atoms with E-state index in [0.29, 0.717) is 0 Å². The topological polar surface area (TPSA) is 0 Å². The highest BCUT2D eigenvalue weighted by atomic mass is 35.5. The summed E-state index contributed by atoms with van der Waals surface area (Å²) in [5, 5.41) is 2.57. The minimum atomic E-state index is -0.425. The second kappa shape index (κ2) is 7.23. The Labute approximate surface area is 181 Å². The van der Waals surface area contributed by atoms with Crippen molar-refractivity contribution in [2.75, 3.05) is 12.0 Å². The molecule has 1 atom stereocenters. The van der Waals surface area contributed by atoms with E-state index in [1.807, 2.05) is 0 Å². The molecule has 144 valence electrons. The van der Waals surface area contributed by atoms with Gasteiger partial charge in [-0.15, -0.1) is 11.6 Å². The molecule has 0 N–H and O–H groups in total. The lowest BCUT2D eigenvalue weighted by Gasteiger charge is -2.29. The van der Waals surface area contributed by atoms with Gasteiger partial charge in [0.05, 0.1) is 4.87 Å². The summed E-state index contributed by atoms with van der Waals surface area (Å²) in [6.07, 6.45) is 2.13. The first kappa shape index (κ1) is 18.8. The number of alkyl halides is 1. The molecular formula is C27H23ClS. The summed E-state index contributed by atoms with van der Waals surface area (Å²) in [5.41, 5.74) is 8.03. The molecule has 2 heteroatoms. The van der Waals surface area contributed by atoms with Gasteiger partial charge in [0, 0.05) is 11.7 Å². The maximum absolute atomic E-state index is 7.18. The Bertz CT molecular complexity index is 1160. The monoisotopic (exact) mass is 414 g/mol. The van der Waals surface area contributed by atoms with Gasteiger partial charge in [0.2, 0.25) is 0 Å². The van der Waals surface area contributed by atoms with Crippen LogP contribution < -0.4 is 0 Å². The van der Waals surface area contributed by atoms with Crippen LogP contribution in [0.2, 0.25) is 0 Å².